The summed E-state index contributed by atoms with van der Waals surface area (Å²) in [7, 11) is -3.77. The normalized spacial score (nSPS) is 15.1. The van der Waals surface area contributed by atoms with E-state index in [2.05, 4.69) is 4.72 Å². The Hall–Kier alpha value is -1.51. The first kappa shape index (κ1) is 16.5. The largest absolute Gasteiger partial charge is 0.329 e. The number of sulfonamides is 1. The number of non-ortho nitro benzene ring substituents is 1. The van der Waals surface area contributed by atoms with Crippen LogP contribution in [0.1, 0.15) is 20.8 Å². The average Bonchev–Trinajstić information content (AvgIpc) is 2.38. The topological polar surface area (TPSA) is 115 Å². The summed E-state index contributed by atoms with van der Waals surface area (Å²) in [6.45, 7) is 5.61. The molecule has 0 aliphatic rings. The molecular weight excluding hydrogens is 282 g/mol. The van der Waals surface area contributed by atoms with Crippen molar-refractivity contribution < 1.29 is 13.3 Å². The van der Waals surface area contributed by atoms with E-state index >= 15 is 0 Å². The second kappa shape index (κ2) is 5.86. The Bertz CT molecular complexity index is 583. The van der Waals surface area contributed by atoms with Gasteiger partial charge in [0.25, 0.3) is 5.69 Å². The molecule has 0 radical (unpaired) electrons. The van der Waals surface area contributed by atoms with Gasteiger partial charge in [0.05, 0.1) is 9.82 Å². The summed E-state index contributed by atoms with van der Waals surface area (Å²) < 4.78 is 27.1. The minimum atomic E-state index is -3.77. The van der Waals surface area contributed by atoms with E-state index in [0.717, 1.165) is 12.1 Å². The smallest absolute Gasteiger partial charge is 0.269 e. The van der Waals surface area contributed by atoms with E-state index in [4.69, 9.17) is 5.73 Å². The minimum Gasteiger partial charge on any atom is -0.329 e. The van der Waals surface area contributed by atoms with Crippen LogP contribution in [0.25, 0.3) is 0 Å². The summed E-state index contributed by atoms with van der Waals surface area (Å²) in [5, 5.41) is 10.6. The Morgan fingerprint density at radius 1 is 1.35 bits per heavy atom. The van der Waals surface area contributed by atoms with E-state index in [0.29, 0.717) is 0 Å². The number of hydrogen-bond acceptors (Lipinski definition) is 5. The van der Waals surface area contributed by atoms with Gasteiger partial charge in [-0.15, -0.1) is 0 Å². The first-order chi connectivity index (χ1) is 9.12. The molecule has 8 heteroatoms. The zero-order valence-corrected chi connectivity index (χ0v) is 12.5. The monoisotopic (exact) mass is 301 g/mol. The van der Waals surface area contributed by atoms with Gasteiger partial charge in [0.15, 0.2) is 0 Å². The van der Waals surface area contributed by atoms with Gasteiger partial charge in [-0.05, 0) is 25.0 Å². The van der Waals surface area contributed by atoms with E-state index in [1.54, 1.807) is 6.92 Å². The third-order valence-corrected chi connectivity index (χ3v) is 5.05. The predicted octanol–water partition coefficient (Wildman–Crippen LogP) is 1.25. The average molecular weight is 301 g/mol. The van der Waals surface area contributed by atoms with Crippen molar-refractivity contribution in [3.63, 3.8) is 0 Å². The van der Waals surface area contributed by atoms with Crippen molar-refractivity contribution in [1.29, 1.82) is 0 Å². The van der Waals surface area contributed by atoms with Crippen molar-refractivity contribution in [3.05, 3.63) is 34.4 Å². The molecule has 20 heavy (non-hydrogen) atoms. The fraction of sp³-hybridized carbons (Fsp3) is 0.500. The van der Waals surface area contributed by atoms with Gasteiger partial charge in [0.2, 0.25) is 10.0 Å². The lowest BCUT2D eigenvalue weighted by Gasteiger charge is -2.33. The summed E-state index contributed by atoms with van der Waals surface area (Å²) in [4.78, 5) is 9.94. The van der Waals surface area contributed by atoms with Crippen LogP contribution in [0.2, 0.25) is 0 Å². The predicted molar refractivity (Wildman–Crippen MR) is 75.7 cm³/mol. The highest BCUT2D eigenvalue weighted by Gasteiger charge is 2.32. The van der Waals surface area contributed by atoms with Crippen molar-refractivity contribution in [2.24, 2.45) is 11.7 Å². The van der Waals surface area contributed by atoms with Crippen molar-refractivity contribution >= 4 is 15.7 Å². The molecule has 0 spiro atoms. The summed E-state index contributed by atoms with van der Waals surface area (Å²) >= 11 is 0. The molecule has 0 aliphatic heterocycles. The van der Waals surface area contributed by atoms with E-state index in [9.17, 15) is 18.5 Å². The molecule has 7 nitrogen and oxygen atoms in total. The quantitative estimate of drug-likeness (QED) is 0.606. The molecule has 0 heterocycles. The summed E-state index contributed by atoms with van der Waals surface area (Å²) in [5.41, 5.74) is 4.71. The van der Waals surface area contributed by atoms with Crippen molar-refractivity contribution in [3.8, 4) is 0 Å². The Morgan fingerprint density at radius 3 is 2.20 bits per heavy atom. The van der Waals surface area contributed by atoms with Crippen molar-refractivity contribution in [2.75, 3.05) is 6.54 Å². The van der Waals surface area contributed by atoms with Crippen LogP contribution in [0.15, 0.2) is 29.2 Å². The molecule has 0 amide bonds. The van der Waals surface area contributed by atoms with Crippen LogP contribution >= 0.6 is 0 Å². The van der Waals surface area contributed by atoms with Gasteiger partial charge >= 0.3 is 0 Å². The van der Waals surface area contributed by atoms with Gasteiger partial charge < -0.3 is 5.73 Å². The number of nitro groups is 1. The molecule has 112 valence electrons. The van der Waals surface area contributed by atoms with Gasteiger partial charge in [-0.1, -0.05) is 13.8 Å². The van der Waals surface area contributed by atoms with Crippen molar-refractivity contribution in [2.45, 2.75) is 31.2 Å². The summed E-state index contributed by atoms with van der Waals surface area (Å²) in [6.07, 6.45) is 0. The zero-order chi connectivity index (χ0) is 15.6. The molecule has 1 aromatic carbocycles. The van der Waals surface area contributed by atoms with Crippen LogP contribution in [-0.2, 0) is 10.0 Å². The lowest BCUT2D eigenvalue weighted by Crippen LogP contribution is -2.54. The van der Waals surface area contributed by atoms with Crippen LogP contribution in [0, 0.1) is 16.0 Å². The first-order valence-corrected chi connectivity index (χ1v) is 7.59. The summed E-state index contributed by atoms with van der Waals surface area (Å²) in [6, 6.07) is 4.73. The van der Waals surface area contributed by atoms with Gasteiger partial charge in [-0.25, -0.2) is 13.1 Å². The molecular formula is C12H19N3O4S. The zero-order valence-electron chi connectivity index (χ0n) is 11.7. The molecule has 1 atom stereocenters. The Balaban J connectivity index is 3.08. The van der Waals surface area contributed by atoms with E-state index in [-0.39, 0.29) is 23.0 Å². The van der Waals surface area contributed by atoms with E-state index in [1.807, 2.05) is 13.8 Å². The maximum absolute atomic E-state index is 12.3. The third kappa shape index (κ3) is 3.53. The van der Waals surface area contributed by atoms with Crippen LogP contribution in [-0.4, -0.2) is 25.4 Å². The molecule has 0 bridgehead atoms. The molecule has 0 aliphatic carbocycles. The van der Waals surface area contributed by atoms with E-state index in [1.165, 1.54) is 12.1 Å². The maximum Gasteiger partial charge on any atom is 0.269 e. The molecule has 0 saturated heterocycles. The van der Waals surface area contributed by atoms with Crippen LogP contribution in [0.3, 0.4) is 0 Å². The number of nitro benzene ring substituents is 1. The summed E-state index contributed by atoms with van der Waals surface area (Å²) in [5.74, 6) is 0.000299. The number of nitrogens with zero attached hydrogens (tertiary/aromatic N) is 1. The van der Waals surface area contributed by atoms with Crippen LogP contribution in [0.5, 0.6) is 0 Å². The minimum absolute atomic E-state index is 0.000299. The molecule has 1 aromatic rings. The Morgan fingerprint density at radius 2 is 1.85 bits per heavy atom. The van der Waals surface area contributed by atoms with Crippen molar-refractivity contribution in [1.82, 2.24) is 4.72 Å². The Kier molecular flexibility index (Phi) is 4.85. The number of rotatable bonds is 6. The highest BCUT2D eigenvalue weighted by Crippen LogP contribution is 2.21. The fourth-order valence-electron chi connectivity index (χ4n) is 1.51. The van der Waals surface area contributed by atoms with Crippen LogP contribution in [0.4, 0.5) is 5.69 Å². The second-order valence-corrected chi connectivity index (χ2v) is 6.82. The third-order valence-electron chi connectivity index (χ3n) is 3.42. The van der Waals surface area contributed by atoms with Gasteiger partial charge in [0.1, 0.15) is 0 Å². The number of nitrogens with one attached hydrogen (secondary N) is 1. The molecule has 0 saturated carbocycles. The number of hydrogen-bond donors (Lipinski definition) is 2. The van der Waals surface area contributed by atoms with Crippen LogP contribution < -0.4 is 10.5 Å². The standard InChI is InChI=1S/C12H19N3O4S/c1-9(2)12(3,8-13)14-20(18,19)11-6-4-10(5-7-11)15(16)17/h4-7,9,14H,8,13H2,1-3H3/t12-/m0/s1. The molecule has 0 aromatic heterocycles. The Labute approximate surface area is 118 Å². The molecule has 1 rings (SSSR count). The lowest BCUT2D eigenvalue weighted by molar-refractivity contribution is -0.384. The van der Waals surface area contributed by atoms with Gasteiger partial charge in [-0.3, -0.25) is 10.1 Å². The first-order valence-electron chi connectivity index (χ1n) is 6.11. The second-order valence-electron chi connectivity index (χ2n) is 5.13. The highest BCUT2D eigenvalue weighted by molar-refractivity contribution is 7.89. The number of benzene rings is 1. The molecule has 0 unspecified atom stereocenters. The number of nitrogens with two attached hydrogens (primary N) is 1. The van der Waals surface area contributed by atoms with Gasteiger partial charge in [-0.2, -0.15) is 0 Å². The maximum atomic E-state index is 12.3. The fourth-order valence-corrected chi connectivity index (χ4v) is 3.05. The molecule has 0 fully saturated rings. The lowest BCUT2D eigenvalue weighted by atomic mass is 9.90. The van der Waals surface area contributed by atoms with E-state index < -0.39 is 20.5 Å². The molecule has 3 N–H and O–H groups in total. The van der Waals surface area contributed by atoms with Gasteiger partial charge in [0, 0.05) is 24.2 Å². The highest BCUT2D eigenvalue weighted by atomic mass is 32.2. The SMILES string of the molecule is CC(C)[C@](C)(CN)NS(=O)(=O)c1ccc([N+](=O)[O-])cc1.